The third-order valence-electron chi connectivity index (χ3n) is 2.56. The summed E-state index contributed by atoms with van der Waals surface area (Å²) in [6, 6.07) is 8.20. The third kappa shape index (κ3) is 3.16. The van der Waals surface area contributed by atoms with E-state index in [9.17, 15) is 4.79 Å². The average Bonchev–Trinajstić information content (AvgIpc) is 2.47. The SMILES string of the molecule is CNc1ccc(C(=O)Nc2cc(Cl)ccc2OC)nn1. The van der Waals surface area contributed by atoms with Gasteiger partial charge in [0, 0.05) is 12.1 Å². The molecule has 0 aliphatic heterocycles. The Labute approximate surface area is 121 Å². The summed E-state index contributed by atoms with van der Waals surface area (Å²) < 4.78 is 5.15. The molecule has 0 saturated carbocycles. The summed E-state index contributed by atoms with van der Waals surface area (Å²) in [5.41, 5.74) is 0.676. The van der Waals surface area contributed by atoms with Gasteiger partial charge in [0.25, 0.3) is 5.91 Å². The fourth-order valence-corrected chi connectivity index (χ4v) is 1.72. The van der Waals surface area contributed by atoms with Crippen molar-refractivity contribution in [3.05, 3.63) is 41.0 Å². The van der Waals surface area contributed by atoms with Gasteiger partial charge < -0.3 is 15.4 Å². The highest BCUT2D eigenvalue weighted by molar-refractivity contribution is 6.31. The summed E-state index contributed by atoms with van der Waals surface area (Å²) >= 11 is 5.90. The zero-order chi connectivity index (χ0) is 14.5. The maximum atomic E-state index is 12.1. The Morgan fingerprint density at radius 3 is 2.65 bits per heavy atom. The van der Waals surface area contributed by atoms with Gasteiger partial charge in [-0.2, -0.15) is 0 Å². The van der Waals surface area contributed by atoms with E-state index in [1.807, 2.05) is 0 Å². The first-order chi connectivity index (χ1) is 9.63. The van der Waals surface area contributed by atoms with Gasteiger partial charge in [0.2, 0.25) is 0 Å². The number of methoxy groups -OCH3 is 1. The van der Waals surface area contributed by atoms with Crippen LogP contribution in [0, 0.1) is 0 Å². The van der Waals surface area contributed by atoms with Crippen LogP contribution in [0.5, 0.6) is 5.75 Å². The van der Waals surface area contributed by atoms with Gasteiger partial charge in [-0.25, -0.2) is 0 Å². The first-order valence-corrected chi connectivity index (χ1v) is 6.18. The number of benzene rings is 1. The van der Waals surface area contributed by atoms with Crippen LogP contribution in [0.3, 0.4) is 0 Å². The summed E-state index contributed by atoms with van der Waals surface area (Å²) in [4.78, 5) is 12.1. The number of anilines is 2. The lowest BCUT2D eigenvalue weighted by molar-refractivity contribution is 0.102. The van der Waals surface area contributed by atoms with Crippen molar-refractivity contribution >= 4 is 29.0 Å². The molecule has 1 aromatic heterocycles. The molecule has 0 aliphatic rings. The van der Waals surface area contributed by atoms with Crippen LogP contribution >= 0.6 is 11.6 Å². The molecular formula is C13H13ClN4O2. The maximum absolute atomic E-state index is 12.1. The molecule has 0 bridgehead atoms. The van der Waals surface area contributed by atoms with E-state index in [-0.39, 0.29) is 11.6 Å². The zero-order valence-electron chi connectivity index (χ0n) is 11.0. The second-order valence-electron chi connectivity index (χ2n) is 3.85. The van der Waals surface area contributed by atoms with Gasteiger partial charge in [0.05, 0.1) is 12.8 Å². The summed E-state index contributed by atoms with van der Waals surface area (Å²) in [5, 5.41) is 13.7. The predicted molar refractivity (Wildman–Crippen MR) is 77.5 cm³/mol. The van der Waals surface area contributed by atoms with Crippen LogP contribution in [0.4, 0.5) is 11.5 Å². The van der Waals surface area contributed by atoms with Crippen LogP contribution in [0.15, 0.2) is 30.3 Å². The van der Waals surface area contributed by atoms with E-state index in [0.29, 0.717) is 22.3 Å². The van der Waals surface area contributed by atoms with Crippen LogP contribution in [-0.2, 0) is 0 Å². The van der Waals surface area contributed by atoms with Crippen molar-refractivity contribution in [2.75, 3.05) is 24.8 Å². The van der Waals surface area contributed by atoms with E-state index in [1.165, 1.54) is 7.11 Å². The smallest absolute Gasteiger partial charge is 0.276 e. The van der Waals surface area contributed by atoms with Crippen molar-refractivity contribution in [3.63, 3.8) is 0 Å². The van der Waals surface area contributed by atoms with Crippen molar-refractivity contribution in [1.82, 2.24) is 10.2 Å². The van der Waals surface area contributed by atoms with Crippen molar-refractivity contribution in [2.24, 2.45) is 0 Å². The molecule has 0 saturated heterocycles. The van der Waals surface area contributed by atoms with Crippen LogP contribution in [0.25, 0.3) is 0 Å². The summed E-state index contributed by atoms with van der Waals surface area (Å²) in [5.74, 6) is 0.713. The minimum Gasteiger partial charge on any atom is -0.495 e. The summed E-state index contributed by atoms with van der Waals surface area (Å²) in [6.45, 7) is 0. The molecule has 1 heterocycles. The number of ether oxygens (including phenoxy) is 1. The number of hydrogen-bond acceptors (Lipinski definition) is 5. The van der Waals surface area contributed by atoms with E-state index < -0.39 is 0 Å². The normalized spacial score (nSPS) is 9.95. The molecule has 2 N–H and O–H groups in total. The van der Waals surface area contributed by atoms with Gasteiger partial charge in [0.1, 0.15) is 11.6 Å². The lowest BCUT2D eigenvalue weighted by Gasteiger charge is -2.10. The molecule has 0 atom stereocenters. The average molecular weight is 293 g/mol. The van der Waals surface area contributed by atoms with E-state index in [1.54, 1.807) is 37.4 Å². The molecule has 2 aromatic rings. The molecule has 0 aliphatic carbocycles. The molecule has 104 valence electrons. The highest BCUT2D eigenvalue weighted by Gasteiger charge is 2.12. The van der Waals surface area contributed by atoms with E-state index in [4.69, 9.17) is 16.3 Å². The Kier molecular flexibility index (Phi) is 4.37. The van der Waals surface area contributed by atoms with Gasteiger partial charge in [-0.1, -0.05) is 11.6 Å². The highest BCUT2D eigenvalue weighted by Crippen LogP contribution is 2.27. The Morgan fingerprint density at radius 1 is 1.25 bits per heavy atom. The number of carbonyl (C=O) groups excluding carboxylic acids is 1. The first kappa shape index (κ1) is 14.1. The zero-order valence-corrected chi connectivity index (χ0v) is 11.7. The van der Waals surface area contributed by atoms with Gasteiger partial charge in [-0.05, 0) is 30.3 Å². The third-order valence-corrected chi connectivity index (χ3v) is 2.80. The molecule has 7 heteroatoms. The lowest BCUT2D eigenvalue weighted by atomic mass is 10.2. The number of carbonyl (C=O) groups is 1. The van der Waals surface area contributed by atoms with E-state index >= 15 is 0 Å². The monoisotopic (exact) mass is 292 g/mol. The second-order valence-corrected chi connectivity index (χ2v) is 4.29. The van der Waals surface area contributed by atoms with Gasteiger partial charge in [0.15, 0.2) is 5.69 Å². The maximum Gasteiger partial charge on any atom is 0.276 e. The quantitative estimate of drug-likeness (QED) is 0.905. The van der Waals surface area contributed by atoms with Crippen LogP contribution in [-0.4, -0.2) is 30.3 Å². The largest absolute Gasteiger partial charge is 0.495 e. The van der Waals surface area contributed by atoms with Gasteiger partial charge in [-0.15, -0.1) is 10.2 Å². The van der Waals surface area contributed by atoms with Gasteiger partial charge >= 0.3 is 0 Å². The Morgan fingerprint density at radius 2 is 2.05 bits per heavy atom. The predicted octanol–water partition coefficient (Wildman–Crippen LogP) is 2.43. The van der Waals surface area contributed by atoms with Crippen molar-refractivity contribution in [2.45, 2.75) is 0 Å². The number of hydrogen-bond donors (Lipinski definition) is 2. The number of aromatic nitrogens is 2. The van der Waals surface area contributed by atoms with Crippen LogP contribution < -0.4 is 15.4 Å². The number of halogens is 1. The standard InChI is InChI=1S/C13H13ClN4O2/c1-15-12-6-4-9(17-18-12)13(19)16-10-7-8(14)3-5-11(10)20-2/h3-7H,1-2H3,(H,15,18)(H,16,19). The Bertz CT molecular complexity index is 616. The minimum atomic E-state index is -0.388. The Balaban J connectivity index is 2.20. The fourth-order valence-electron chi connectivity index (χ4n) is 1.55. The van der Waals surface area contributed by atoms with Crippen molar-refractivity contribution < 1.29 is 9.53 Å². The second kappa shape index (κ2) is 6.21. The van der Waals surface area contributed by atoms with Crippen molar-refractivity contribution in [1.29, 1.82) is 0 Å². The molecule has 0 radical (unpaired) electrons. The molecule has 6 nitrogen and oxygen atoms in total. The molecule has 20 heavy (non-hydrogen) atoms. The molecular weight excluding hydrogens is 280 g/mol. The first-order valence-electron chi connectivity index (χ1n) is 5.80. The lowest BCUT2D eigenvalue weighted by Crippen LogP contribution is -2.15. The topological polar surface area (TPSA) is 76.1 Å². The summed E-state index contributed by atoms with van der Waals surface area (Å²) in [6.07, 6.45) is 0. The fraction of sp³-hybridized carbons (Fsp3) is 0.154. The number of nitrogens with zero attached hydrogens (tertiary/aromatic N) is 2. The number of amides is 1. The number of rotatable bonds is 4. The molecule has 1 aromatic carbocycles. The number of nitrogens with one attached hydrogen (secondary N) is 2. The molecule has 2 rings (SSSR count). The molecule has 0 spiro atoms. The van der Waals surface area contributed by atoms with Gasteiger partial charge in [-0.3, -0.25) is 4.79 Å². The minimum absolute atomic E-state index is 0.200. The van der Waals surface area contributed by atoms with Crippen LogP contribution in [0.1, 0.15) is 10.5 Å². The van der Waals surface area contributed by atoms with Crippen LogP contribution in [0.2, 0.25) is 5.02 Å². The highest BCUT2D eigenvalue weighted by atomic mass is 35.5. The van der Waals surface area contributed by atoms with Crippen molar-refractivity contribution in [3.8, 4) is 5.75 Å². The molecule has 0 unspecified atom stereocenters. The molecule has 1 amide bonds. The van der Waals surface area contributed by atoms with E-state index in [2.05, 4.69) is 20.8 Å². The summed E-state index contributed by atoms with van der Waals surface area (Å²) in [7, 11) is 3.24. The molecule has 0 fully saturated rings. The Hall–Kier alpha value is -2.34. The van der Waals surface area contributed by atoms with E-state index in [0.717, 1.165) is 0 Å².